The molecule has 0 fully saturated rings. The molecule has 1 aromatic rings. The van der Waals surface area contributed by atoms with Crippen LogP contribution < -0.4 is 0 Å². The summed E-state index contributed by atoms with van der Waals surface area (Å²) in [6.45, 7) is 4.41. The van der Waals surface area contributed by atoms with Crippen molar-refractivity contribution in [1.82, 2.24) is 4.98 Å². The standard InChI is InChI=1S/C12H17NO2S/c1-9(2)4-6-16-8-10-3-5-13-11(7-10)12(14)15/h3,5,7,9H,4,6,8H2,1-2H3,(H,14,15). The van der Waals surface area contributed by atoms with Crippen LogP contribution in [0.2, 0.25) is 0 Å². The van der Waals surface area contributed by atoms with E-state index in [4.69, 9.17) is 5.11 Å². The molecule has 4 heteroatoms. The van der Waals surface area contributed by atoms with Crippen LogP contribution in [0.1, 0.15) is 36.3 Å². The Balaban J connectivity index is 2.42. The molecular weight excluding hydrogens is 222 g/mol. The van der Waals surface area contributed by atoms with Crippen molar-refractivity contribution in [3.8, 4) is 0 Å². The van der Waals surface area contributed by atoms with Crippen LogP contribution in [0.4, 0.5) is 0 Å². The first-order chi connectivity index (χ1) is 7.59. The molecule has 0 unspecified atom stereocenters. The average Bonchev–Trinajstić information content (AvgIpc) is 2.24. The van der Waals surface area contributed by atoms with Crippen molar-refractivity contribution in [3.63, 3.8) is 0 Å². The maximum Gasteiger partial charge on any atom is 0.354 e. The highest BCUT2D eigenvalue weighted by Gasteiger charge is 2.04. The van der Waals surface area contributed by atoms with Crippen molar-refractivity contribution in [1.29, 1.82) is 0 Å². The lowest BCUT2D eigenvalue weighted by atomic mass is 10.2. The minimum Gasteiger partial charge on any atom is -0.477 e. The monoisotopic (exact) mass is 239 g/mol. The fraction of sp³-hybridized carbons (Fsp3) is 0.500. The molecule has 0 aromatic carbocycles. The second kappa shape index (κ2) is 6.53. The van der Waals surface area contributed by atoms with Gasteiger partial charge in [0.1, 0.15) is 5.69 Å². The van der Waals surface area contributed by atoms with Gasteiger partial charge in [-0.05, 0) is 35.8 Å². The van der Waals surface area contributed by atoms with Gasteiger partial charge in [0.05, 0.1) is 0 Å². The van der Waals surface area contributed by atoms with Crippen molar-refractivity contribution in [3.05, 3.63) is 29.6 Å². The number of carboxylic acid groups (broad SMARTS) is 1. The van der Waals surface area contributed by atoms with Crippen LogP contribution in [0.3, 0.4) is 0 Å². The number of pyridine rings is 1. The Morgan fingerprint density at radius 1 is 1.56 bits per heavy atom. The van der Waals surface area contributed by atoms with Crippen molar-refractivity contribution in [2.75, 3.05) is 5.75 Å². The molecule has 1 heterocycles. The van der Waals surface area contributed by atoms with Gasteiger partial charge in [0.2, 0.25) is 0 Å². The van der Waals surface area contributed by atoms with Crippen LogP contribution in [0.15, 0.2) is 18.3 Å². The second-order valence-corrected chi connectivity index (χ2v) is 5.19. The van der Waals surface area contributed by atoms with Crippen LogP contribution in [0.5, 0.6) is 0 Å². The summed E-state index contributed by atoms with van der Waals surface area (Å²) < 4.78 is 0. The fourth-order valence-electron chi connectivity index (χ4n) is 1.19. The molecule has 3 nitrogen and oxygen atoms in total. The summed E-state index contributed by atoms with van der Waals surface area (Å²) in [5, 5.41) is 8.78. The highest BCUT2D eigenvalue weighted by Crippen LogP contribution is 2.15. The van der Waals surface area contributed by atoms with E-state index >= 15 is 0 Å². The lowest BCUT2D eigenvalue weighted by molar-refractivity contribution is 0.0690. The number of aromatic carboxylic acids is 1. The van der Waals surface area contributed by atoms with Crippen molar-refractivity contribution in [2.24, 2.45) is 5.92 Å². The van der Waals surface area contributed by atoms with Gasteiger partial charge in [-0.1, -0.05) is 13.8 Å². The summed E-state index contributed by atoms with van der Waals surface area (Å²) in [5.74, 6) is 1.73. The molecule has 0 bridgehead atoms. The third-order valence-electron chi connectivity index (χ3n) is 2.15. The van der Waals surface area contributed by atoms with Gasteiger partial charge in [-0.3, -0.25) is 0 Å². The Bertz CT molecular complexity index is 353. The van der Waals surface area contributed by atoms with E-state index in [2.05, 4.69) is 18.8 Å². The third kappa shape index (κ3) is 4.66. The van der Waals surface area contributed by atoms with Gasteiger partial charge in [-0.2, -0.15) is 11.8 Å². The lowest BCUT2D eigenvalue weighted by Crippen LogP contribution is -2.00. The van der Waals surface area contributed by atoms with Gasteiger partial charge in [0.15, 0.2) is 0 Å². The van der Waals surface area contributed by atoms with Gasteiger partial charge < -0.3 is 5.11 Å². The number of thioether (sulfide) groups is 1. The molecule has 0 aliphatic carbocycles. The predicted octanol–water partition coefficient (Wildman–Crippen LogP) is 3.06. The normalized spacial score (nSPS) is 10.7. The highest BCUT2D eigenvalue weighted by atomic mass is 32.2. The minimum atomic E-state index is -0.964. The predicted molar refractivity (Wildman–Crippen MR) is 66.8 cm³/mol. The molecule has 0 spiro atoms. The number of nitrogens with zero attached hydrogens (tertiary/aromatic N) is 1. The first kappa shape index (κ1) is 13.0. The van der Waals surface area contributed by atoms with Crippen LogP contribution in [-0.2, 0) is 5.75 Å². The van der Waals surface area contributed by atoms with E-state index in [1.54, 1.807) is 12.3 Å². The summed E-state index contributed by atoms with van der Waals surface area (Å²) in [7, 11) is 0. The Hall–Kier alpha value is -1.03. The SMILES string of the molecule is CC(C)CCSCc1ccnc(C(=O)O)c1. The highest BCUT2D eigenvalue weighted by molar-refractivity contribution is 7.98. The molecule has 0 aliphatic heterocycles. The summed E-state index contributed by atoms with van der Waals surface area (Å²) >= 11 is 1.83. The van der Waals surface area contributed by atoms with E-state index in [0.29, 0.717) is 0 Å². The summed E-state index contributed by atoms with van der Waals surface area (Å²) in [6.07, 6.45) is 2.75. The molecule has 1 rings (SSSR count). The van der Waals surface area contributed by atoms with Crippen LogP contribution in [-0.4, -0.2) is 21.8 Å². The third-order valence-corrected chi connectivity index (χ3v) is 3.21. The topological polar surface area (TPSA) is 50.2 Å². The maximum atomic E-state index is 10.7. The first-order valence-corrected chi connectivity index (χ1v) is 6.51. The zero-order valence-electron chi connectivity index (χ0n) is 9.64. The zero-order chi connectivity index (χ0) is 12.0. The molecule has 0 saturated carbocycles. The number of hydrogen-bond donors (Lipinski definition) is 1. The van der Waals surface area contributed by atoms with Crippen LogP contribution in [0.25, 0.3) is 0 Å². The summed E-state index contributed by atoms with van der Waals surface area (Å²) in [4.78, 5) is 14.5. The molecule has 16 heavy (non-hydrogen) atoms. The number of rotatable bonds is 6. The zero-order valence-corrected chi connectivity index (χ0v) is 10.5. The smallest absolute Gasteiger partial charge is 0.354 e. The Morgan fingerprint density at radius 2 is 2.31 bits per heavy atom. The largest absolute Gasteiger partial charge is 0.477 e. The molecular formula is C12H17NO2S. The average molecular weight is 239 g/mol. The van der Waals surface area contributed by atoms with Gasteiger partial charge in [0.25, 0.3) is 0 Å². The van der Waals surface area contributed by atoms with Gasteiger partial charge >= 0.3 is 5.97 Å². The number of hydrogen-bond acceptors (Lipinski definition) is 3. The molecule has 0 saturated heterocycles. The van der Waals surface area contributed by atoms with Gasteiger partial charge in [-0.15, -0.1) is 0 Å². The molecule has 1 N–H and O–H groups in total. The second-order valence-electron chi connectivity index (χ2n) is 4.09. The fourth-order valence-corrected chi connectivity index (χ4v) is 2.39. The summed E-state index contributed by atoms with van der Waals surface area (Å²) in [6, 6.07) is 3.51. The van der Waals surface area contributed by atoms with Crippen molar-refractivity contribution in [2.45, 2.75) is 26.0 Å². The minimum absolute atomic E-state index is 0.127. The van der Waals surface area contributed by atoms with Crippen LogP contribution >= 0.6 is 11.8 Å². The van der Waals surface area contributed by atoms with Gasteiger partial charge in [-0.25, -0.2) is 9.78 Å². The van der Waals surface area contributed by atoms with E-state index in [1.165, 1.54) is 6.42 Å². The van der Waals surface area contributed by atoms with Crippen LogP contribution in [0, 0.1) is 5.92 Å². The Kier molecular flexibility index (Phi) is 5.32. The van der Waals surface area contributed by atoms with E-state index in [1.807, 2.05) is 17.8 Å². The molecule has 0 atom stereocenters. The van der Waals surface area contributed by atoms with E-state index in [9.17, 15) is 4.79 Å². The van der Waals surface area contributed by atoms with Crippen molar-refractivity contribution < 1.29 is 9.90 Å². The molecule has 0 aliphatic rings. The number of carboxylic acids is 1. The molecule has 0 radical (unpaired) electrons. The van der Waals surface area contributed by atoms with E-state index in [0.717, 1.165) is 23.0 Å². The number of carbonyl (C=O) groups is 1. The molecule has 0 amide bonds. The molecule has 1 aromatic heterocycles. The quantitative estimate of drug-likeness (QED) is 0.775. The van der Waals surface area contributed by atoms with E-state index < -0.39 is 5.97 Å². The van der Waals surface area contributed by atoms with Crippen molar-refractivity contribution >= 4 is 17.7 Å². The lowest BCUT2D eigenvalue weighted by Gasteiger charge is -2.04. The Labute approximate surface area is 100 Å². The Morgan fingerprint density at radius 3 is 2.94 bits per heavy atom. The first-order valence-electron chi connectivity index (χ1n) is 5.35. The number of aromatic nitrogens is 1. The van der Waals surface area contributed by atoms with E-state index in [-0.39, 0.29) is 5.69 Å². The summed E-state index contributed by atoms with van der Waals surface area (Å²) in [5.41, 5.74) is 1.16. The maximum absolute atomic E-state index is 10.7. The van der Waals surface area contributed by atoms with Gasteiger partial charge in [0, 0.05) is 11.9 Å². The molecule has 88 valence electrons.